The van der Waals surface area contributed by atoms with Gasteiger partial charge in [-0.25, -0.2) is 0 Å². The minimum absolute atomic E-state index is 0.0294. The van der Waals surface area contributed by atoms with Crippen molar-refractivity contribution in [3.8, 4) is 0 Å². The Bertz CT molecular complexity index is 267. The molecular formula is C13H24N2O2. The first-order valence-electron chi connectivity index (χ1n) is 6.75. The third-order valence-electron chi connectivity index (χ3n) is 4.31. The Balaban J connectivity index is 1.85. The monoisotopic (exact) mass is 240 g/mol. The standard InChI is InChI=1S/C13H24N2O2/c1-13(10-16)4-7-15(8-5-13)12(17)11-3-2-6-14-9-11/h11,14,16H,2-10H2,1H3/t11-/m1/s1. The summed E-state index contributed by atoms with van der Waals surface area (Å²) in [5.41, 5.74) is 0.0294. The molecule has 0 bridgehead atoms. The summed E-state index contributed by atoms with van der Waals surface area (Å²) < 4.78 is 0. The summed E-state index contributed by atoms with van der Waals surface area (Å²) in [6.07, 6.45) is 3.99. The van der Waals surface area contributed by atoms with Crippen molar-refractivity contribution in [1.82, 2.24) is 10.2 Å². The molecule has 2 rings (SSSR count). The zero-order valence-corrected chi connectivity index (χ0v) is 10.7. The number of aliphatic hydroxyl groups excluding tert-OH is 1. The molecule has 0 aromatic carbocycles. The second kappa shape index (κ2) is 5.36. The van der Waals surface area contributed by atoms with E-state index in [1.54, 1.807) is 0 Å². The molecule has 4 heteroatoms. The number of hydrogen-bond donors (Lipinski definition) is 2. The molecule has 2 saturated heterocycles. The molecule has 17 heavy (non-hydrogen) atoms. The number of nitrogens with zero attached hydrogens (tertiary/aromatic N) is 1. The van der Waals surface area contributed by atoms with Crippen molar-refractivity contribution in [3.05, 3.63) is 0 Å². The average Bonchev–Trinajstić information content (AvgIpc) is 2.40. The van der Waals surface area contributed by atoms with Gasteiger partial charge in [-0.05, 0) is 37.6 Å². The van der Waals surface area contributed by atoms with Gasteiger partial charge in [0.05, 0.1) is 5.92 Å². The summed E-state index contributed by atoms with van der Waals surface area (Å²) >= 11 is 0. The number of piperidine rings is 2. The highest BCUT2D eigenvalue weighted by molar-refractivity contribution is 5.79. The van der Waals surface area contributed by atoms with E-state index in [1.165, 1.54) is 0 Å². The van der Waals surface area contributed by atoms with Crippen LogP contribution in [0.3, 0.4) is 0 Å². The first-order valence-corrected chi connectivity index (χ1v) is 6.75. The maximum absolute atomic E-state index is 12.3. The largest absolute Gasteiger partial charge is 0.396 e. The second-order valence-corrected chi connectivity index (χ2v) is 5.84. The zero-order chi connectivity index (χ0) is 12.3. The number of aliphatic hydroxyl groups is 1. The predicted octanol–water partition coefficient (Wildman–Crippen LogP) is 0.607. The van der Waals surface area contributed by atoms with Gasteiger partial charge in [0.1, 0.15) is 0 Å². The topological polar surface area (TPSA) is 52.6 Å². The van der Waals surface area contributed by atoms with E-state index < -0.39 is 0 Å². The number of rotatable bonds is 2. The lowest BCUT2D eigenvalue weighted by Crippen LogP contribution is -2.48. The molecule has 2 fully saturated rings. The lowest BCUT2D eigenvalue weighted by atomic mass is 9.81. The number of hydrogen-bond acceptors (Lipinski definition) is 3. The third-order valence-corrected chi connectivity index (χ3v) is 4.31. The fourth-order valence-electron chi connectivity index (χ4n) is 2.75. The number of carbonyl (C=O) groups excluding carboxylic acids is 1. The molecule has 1 amide bonds. The predicted molar refractivity (Wildman–Crippen MR) is 66.6 cm³/mol. The second-order valence-electron chi connectivity index (χ2n) is 5.84. The van der Waals surface area contributed by atoms with E-state index in [1.807, 2.05) is 4.90 Å². The third kappa shape index (κ3) is 2.99. The van der Waals surface area contributed by atoms with E-state index in [9.17, 15) is 9.90 Å². The molecule has 0 radical (unpaired) electrons. The van der Waals surface area contributed by atoms with Gasteiger partial charge in [-0.2, -0.15) is 0 Å². The molecule has 4 nitrogen and oxygen atoms in total. The van der Waals surface area contributed by atoms with Crippen LogP contribution in [0.4, 0.5) is 0 Å². The van der Waals surface area contributed by atoms with Crippen LogP contribution in [-0.2, 0) is 4.79 Å². The molecule has 2 aliphatic heterocycles. The lowest BCUT2D eigenvalue weighted by molar-refractivity contribution is -0.138. The summed E-state index contributed by atoms with van der Waals surface area (Å²) in [5, 5.41) is 12.6. The molecule has 0 aromatic heterocycles. The summed E-state index contributed by atoms with van der Waals surface area (Å²) in [5.74, 6) is 0.499. The molecular weight excluding hydrogens is 216 g/mol. The van der Waals surface area contributed by atoms with Crippen molar-refractivity contribution < 1.29 is 9.90 Å². The molecule has 2 N–H and O–H groups in total. The summed E-state index contributed by atoms with van der Waals surface area (Å²) in [6, 6.07) is 0. The Morgan fingerprint density at radius 1 is 1.47 bits per heavy atom. The van der Waals surface area contributed by atoms with Crippen LogP contribution in [0.5, 0.6) is 0 Å². The molecule has 2 aliphatic rings. The summed E-state index contributed by atoms with van der Waals surface area (Å²) in [4.78, 5) is 14.3. The molecule has 2 heterocycles. The maximum atomic E-state index is 12.3. The Labute approximate surface area is 103 Å². The van der Waals surface area contributed by atoms with Crippen molar-refractivity contribution >= 4 is 5.91 Å². The smallest absolute Gasteiger partial charge is 0.226 e. The Morgan fingerprint density at radius 3 is 2.71 bits per heavy atom. The van der Waals surface area contributed by atoms with Gasteiger partial charge >= 0.3 is 0 Å². The Kier molecular flexibility index (Phi) is 4.05. The van der Waals surface area contributed by atoms with Crippen LogP contribution in [0.15, 0.2) is 0 Å². The fraction of sp³-hybridized carbons (Fsp3) is 0.923. The highest BCUT2D eigenvalue weighted by Gasteiger charge is 2.33. The van der Waals surface area contributed by atoms with E-state index in [2.05, 4.69) is 12.2 Å². The van der Waals surface area contributed by atoms with E-state index in [4.69, 9.17) is 0 Å². The molecule has 0 saturated carbocycles. The number of likely N-dealkylation sites (tertiary alicyclic amines) is 1. The normalized spacial score (nSPS) is 29.1. The molecule has 0 aromatic rings. The van der Waals surface area contributed by atoms with Crippen LogP contribution in [0.25, 0.3) is 0 Å². The van der Waals surface area contributed by atoms with Crippen LogP contribution in [0.2, 0.25) is 0 Å². The van der Waals surface area contributed by atoms with E-state index >= 15 is 0 Å². The summed E-state index contributed by atoms with van der Waals surface area (Å²) in [7, 11) is 0. The zero-order valence-electron chi connectivity index (χ0n) is 10.7. The van der Waals surface area contributed by atoms with Crippen LogP contribution < -0.4 is 5.32 Å². The average molecular weight is 240 g/mol. The van der Waals surface area contributed by atoms with Crippen molar-refractivity contribution in [2.45, 2.75) is 32.6 Å². The van der Waals surface area contributed by atoms with Crippen LogP contribution >= 0.6 is 0 Å². The molecule has 98 valence electrons. The van der Waals surface area contributed by atoms with Crippen LogP contribution in [0.1, 0.15) is 32.6 Å². The van der Waals surface area contributed by atoms with Gasteiger partial charge in [0.2, 0.25) is 5.91 Å². The van der Waals surface area contributed by atoms with Gasteiger partial charge in [0.25, 0.3) is 0 Å². The van der Waals surface area contributed by atoms with Gasteiger partial charge < -0.3 is 15.3 Å². The highest BCUT2D eigenvalue weighted by atomic mass is 16.3. The molecule has 0 aliphatic carbocycles. The van der Waals surface area contributed by atoms with Gasteiger partial charge in [-0.15, -0.1) is 0 Å². The maximum Gasteiger partial charge on any atom is 0.226 e. The quantitative estimate of drug-likeness (QED) is 0.743. The van der Waals surface area contributed by atoms with Gasteiger partial charge in [-0.3, -0.25) is 4.79 Å². The van der Waals surface area contributed by atoms with Crippen molar-refractivity contribution in [3.63, 3.8) is 0 Å². The lowest BCUT2D eigenvalue weighted by Gasteiger charge is -2.40. The van der Waals surface area contributed by atoms with E-state index in [0.29, 0.717) is 5.91 Å². The van der Waals surface area contributed by atoms with Gasteiger partial charge in [0, 0.05) is 26.2 Å². The minimum atomic E-state index is 0.0294. The van der Waals surface area contributed by atoms with Gasteiger partial charge in [-0.1, -0.05) is 6.92 Å². The Morgan fingerprint density at radius 2 is 2.18 bits per heavy atom. The molecule has 0 unspecified atom stereocenters. The number of carbonyl (C=O) groups is 1. The molecule has 0 spiro atoms. The van der Waals surface area contributed by atoms with Crippen molar-refractivity contribution in [1.29, 1.82) is 0 Å². The SMILES string of the molecule is CC1(CO)CCN(C(=O)[C@@H]2CCCNC2)CC1. The van der Waals surface area contributed by atoms with E-state index in [0.717, 1.165) is 51.9 Å². The summed E-state index contributed by atoms with van der Waals surface area (Å²) in [6.45, 7) is 5.86. The number of amides is 1. The Hall–Kier alpha value is -0.610. The van der Waals surface area contributed by atoms with Crippen molar-refractivity contribution in [2.24, 2.45) is 11.3 Å². The van der Waals surface area contributed by atoms with Crippen molar-refractivity contribution in [2.75, 3.05) is 32.8 Å². The van der Waals surface area contributed by atoms with E-state index in [-0.39, 0.29) is 17.9 Å². The highest BCUT2D eigenvalue weighted by Crippen LogP contribution is 2.31. The minimum Gasteiger partial charge on any atom is -0.396 e. The first-order chi connectivity index (χ1) is 8.14. The number of nitrogens with one attached hydrogen (secondary N) is 1. The first kappa shape index (κ1) is 12.8. The fourth-order valence-corrected chi connectivity index (χ4v) is 2.75. The van der Waals surface area contributed by atoms with Gasteiger partial charge in [0.15, 0.2) is 0 Å². The molecule has 1 atom stereocenters. The van der Waals surface area contributed by atoms with Crippen LogP contribution in [-0.4, -0.2) is 48.7 Å². The van der Waals surface area contributed by atoms with Crippen LogP contribution in [0, 0.1) is 11.3 Å².